The van der Waals surface area contributed by atoms with Gasteiger partial charge in [0.05, 0.1) is 24.9 Å². The zero-order chi connectivity index (χ0) is 22.3. The summed E-state index contributed by atoms with van der Waals surface area (Å²) in [7, 11) is 0. The average molecular weight is 460 g/mol. The van der Waals surface area contributed by atoms with Crippen LogP contribution in [0.1, 0.15) is 44.1 Å². The maximum absolute atomic E-state index is 12.4. The fourth-order valence-electron chi connectivity index (χ4n) is 5.21. The summed E-state index contributed by atoms with van der Waals surface area (Å²) in [4.78, 5) is 19.1. The Morgan fingerprint density at radius 3 is 2.75 bits per heavy atom. The van der Waals surface area contributed by atoms with Crippen molar-refractivity contribution in [3.63, 3.8) is 0 Å². The monoisotopic (exact) mass is 459 g/mol. The van der Waals surface area contributed by atoms with E-state index in [4.69, 9.17) is 21.1 Å². The number of ether oxygens (including phenoxy) is 2. The molecule has 0 aliphatic carbocycles. The molecule has 3 fully saturated rings. The van der Waals surface area contributed by atoms with Gasteiger partial charge in [-0.25, -0.2) is 4.98 Å². The molecule has 0 radical (unpaired) electrons. The van der Waals surface area contributed by atoms with Crippen molar-refractivity contribution in [2.45, 2.75) is 56.3 Å². The molecule has 0 saturated carbocycles. The van der Waals surface area contributed by atoms with E-state index in [1.165, 1.54) is 0 Å². The molecule has 0 bridgehead atoms. The van der Waals surface area contributed by atoms with Crippen LogP contribution in [0.3, 0.4) is 0 Å². The van der Waals surface area contributed by atoms with Crippen molar-refractivity contribution < 1.29 is 19.4 Å². The van der Waals surface area contributed by atoms with Crippen molar-refractivity contribution >= 4 is 34.1 Å². The largest absolute Gasteiger partial charge is 0.389 e. The molecule has 3 aliphatic heterocycles. The second-order valence-corrected chi connectivity index (χ2v) is 9.84. The van der Waals surface area contributed by atoms with E-state index in [0.29, 0.717) is 31.6 Å². The molecular formula is C24H30ClN3O4. The smallest absolute Gasteiger partial charge is 0.254 e. The highest BCUT2D eigenvalue weighted by Gasteiger charge is 2.45. The fraction of sp³-hybridized carbons (Fsp3) is 0.583. The van der Waals surface area contributed by atoms with Crippen molar-refractivity contribution in [3.05, 3.63) is 35.0 Å². The molecule has 8 heteroatoms. The lowest BCUT2D eigenvalue weighted by Gasteiger charge is -2.43. The number of likely N-dealkylation sites (tertiary alicyclic amines) is 1. The van der Waals surface area contributed by atoms with Crippen molar-refractivity contribution in [2.24, 2.45) is 0 Å². The van der Waals surface area contributed by atoms with Crippen LogP contribution < -0.4 is 5.32 Å². The summed E-state index contributed by atoms with van der Waals surface area (Å²) in [5, 5.41) is 16.0. The van der Waals surface area contributed by atoms with Crippen LogP contribution in [-0.4, -0.2) is 71.6 Å². The third-order valence-electron chi connectivity index (χ3n) is 7.36. The minimum Gasteiger partial charge on any atom is -0.389 e. The van der Waals surface area contributed by atoms with E-state index in [9.17, 15) is 9.90 Å². The molecule has 172 valence electrons. The zero-order valence-corrected chi connectivity index (χ0v) is 19.1. The van der Waals surface area contributed by atoms with E-state index in [-0.39, 0.29) is 17.6 Å². The van der Waals surface area contributed by atoms with E-state index < -0.39 is 6.10 Å². The zero-order valence-electron chi connectivity index (χ0n) is 18.3. The number of carbonyl (C=O) groups excluding carboxylic acids is 1. The van der Waals surface area contributed by atoms with Gasteiger partial charge in [-0.05, 0) is 80.8 Å². The highest BCUT2D eigenvalue weighted by Crippen LogP contribution is 2.38. The van der Waals surface area contributed by atoms with Crippen LogP contribution in [0, 0.1) is 0 Å². The van der Waals surface area contributed by atoms with Crippen molar-refractivity contribution in [1.29, 1.82) is 0 Å². The molecule has 3 aliphatic rings. The standard InChI is InChI=1S/C24H30ClN3O4/c1-24(14-31-13-21(24)29)28-6-4-15(5-7-28)18-9-16-11-22(26-12-17(16)10-19(18)25)27-23(30)20-3-2-8-32-20/h9-12,15,20-21,29H,2-8,13-14H2,1H3,(H,26,27,30)/t20-,21-,24+/m1/s1. The molecular weight excluding hydrogens is 430 g/mol. The summed E-state index contributed by atoms with van der Waals surface area (Å²) in [5.74, 6) is 0.746. The number of aliphatic hydroxyl groups is 1. The molecule has 3 atom stereocenters. The van der Waals surface area contributed by atoms with Crippen LogP contribution in [0.2, 0.25) is 5.02 Å². The number of aliphatic hydroxyl groups excluding tert-OH is 1. The van der Waals surface area contributed by atoms with Crippen LogP contribution in [0.15, 0.2) is 24.4 Å². The molecule has 0 spiro atoms. The second-order valence-electron chi connectivity index (χ2n) is 9.43. The molecule has 7 nitrogen and oxygen atoms in total. The number of fused-ring (bicyclic) bond motifs is 1. The van der Waals surface area contributed by atoms with E-state index in [0.717, 1.165) is 60.1 Å². The molecule has 5 rings (SSSR count). The lowest BCUT2D eigenvalue weighted by Crippen LogP contribution is -2.56. The lowest BCUT2D eigenvalue weighted by molar-refractivity contribution is -0.124. The Bertz CT molecular complexity index is 1000. The number of hydrogen-bond donors (Lipinski definition) is 2. The minimum absolute atomic E-state index is 0.137. The Morgan fingerprint density at radius 2 is 2.06 bits per heavy atom. The first-order valence-electron chi connectivity index (χ1n) is 11.5. The molecule has 4 heterocycles. The molecule has 1 aromatic heterocycles. The van der Waals surface area contributed by atoms with Gasteiger partial charge in [0.2, 0.25) is 0 Å². The van der Waals surface area contributed by atoms with Gasteiger partial charge in [0.25, 0.3) is 5.91 Å². The summed E-state index contributed by atoms with van der Waals surface area (Å²) in [6, 6.07) is 6.01. The Morgan fingerprint density at radius 1 is 1.25 bits per heavy atom. The first-order chi connectivity index (χ1) is 15.4. The summed E-state index contributed by atoms with van der Waals surface area (Å²) in [6.07, 6.45) is 4.53. The van der Waals surface area contributed by atoms with Gasteiger partial charge < -0.3 is 19.9 Å². The minimum atomic E-state index is -0.445. The highest BCUT2D eigenvalue weighted by atomic mass is 35.5. The number of piperidine rings is 1. The number of nitrogens with one attached hydrogen (secondary N) is 1. The van der Waals surface area contributed by atoms with Gasteiger partial charge in [-0.3, -0.25) is 9.69 Å². The summed E-state index contributed by atoms with van der Waals surface area (Å²) >= 11 is 6.67. The van der Waals surface area contributed by atoms with Gasteiger partial charge in [-0.15, -0.1) is 0 Å². The molecule has 32 heavy (non-hydrogen) atoms. The van der Waals surface area contributed by atoms with Crippen LogP contribution >= 0.6 is 11.6 Å². The summed E-state index contributed by atoms with van der Waals surface area (Å²) < 4.78 is 11.0. The quantitative estimate of drug-likeness (QED) is 0.729. The van der Waals surface area contributed by atoms with E-state index in [1.54, 1.807) is 6.20 Å². The van der Waals surface area contributed by atoms with Gasteiger partial charge in [0.15, 0.2) is 0 Å². The van der Waals surface area contributed by atoms with Crippen molar-refractivity contribution in [1.82, 2.24) is 9.88 Å². The maximum Gasteiger partial charge on any atom is 0.254 e. The number of pyridine rings is 1. The van der Waals surface area contributed by atoms with Crippen LogP contribution in [0.5, 0.6) is 0 Å². The number of carbonyl (C=O) groups is 1. The third kappa shape index (κ3) is 4.13. The van der Waals surface area contributed by atoms with Crippen LogP contribution in [0.4, 0.5) is 5.82 Å². The Kier molecular flexibility index (Phi) is 6.11. The topological polar surface area (TPSA) is 83.9 Å². The molecule has 3 saturated heterocycles. The van der Waals surface area contributed by atoms with Crippen molar-refractivity contribution in [3.8, 4) is 0 Å². The number of rotatable bonds is 4. The van der Waals surface area contributed by atoms with Gasteiger partial charge in [0, 0.05) is 23.2 Å². The highest BCUT2D eigenvalue weighted by molar-refractivity contribution is 6.32. The number of hydrogen-bond acceptors (Lipinski definition) is 6. The Hall–Kier alpha value is -1.77. The number of aromatic nitrogens is 1. The predicted octanol–water partition coefficient (Wildman–Crippen LogP) is 3.33. The SMILES string of the molecule is C[C@]1(N2CCC(c3cc4cc(NC(=O)[C@H]5CCCO5)ncc4cc3Cl)CC2)COC[C@H]1O. The van der Waals surface area contributed by atoms with Gasteiger partial charge >= 0.3 is 0 Å². The van der Waals surface area contributed by atoms with Crippen molar-refractivity contribution in [2.75, 3.05) is 38.2 Å². The van der Waals surface area contributed by atoms with Gasteiger partial charge in [0.1, 0.15) is 11.9 Å². The normalized spacial score (nSPS) is 29.6. The predicted molar refractivity (Wildman–Crippen MR) is 123 cm³/mol. The maximum atomic E-state index is 12.4. The fourth-order valence-corrected chi connectivity index (χ4v) is 5.54. The Balaban J connectivity index is 1.31. The number of benzene rings is 1. The first-order valence-corrected chi connectivity index (χ1v) is 11.8. The number of amides is 1. The third-order valence-corrected chi connectivity index (χ3v) is 7.68. The second kappa shape index (κ2) is 8.88. The van der Waals surface area contributed by atoms with Gasteiger partial charge in [-0.1, -0.05) is 11.6 Å². The Labute approximate surface area is 193 Å². The van der Waals surface area contributed by atoms with Crippen LogP contribution in [0.25, 0.3) is 10.8 Å². The average Bonchev–Trinajstić information content (AvgIpc) is 3.45. The summed E-state index contributed by atoms with van der Waals surface area (Å²) in [5.41, 5.74) is 0.828. The molecule has 1 amide bonds. The number of nitrogens with zero attached hydrogens (tertiary/aromatic N) is 2. The molecule has 2 aromatic rings. The van der Waals surface area contributed by atoms with E-state index in [1.807, 2.05) is 12.1 Å². The van der Waals surface area contributed by atoms with Gasteiger partial charge in [-0.2, -0.15) is 0 Å². The number of anilines is 1. The molecule has 0 unspecified atom stereocenters. The number of halogens is 1. The molecule has 1 aromatic carbocycles. The first kappa shape index (κ1) is 22.0. The van der Waals surface area contributed by atoms with E-state index >= 15 is 0 Å². The van der Waals surface area contributed by atoms with E-state index in [2.05, 4.69) is 28.2 Å². The summed E-state index contributed by atoms with van der Waals surface area (Å²) in [6.45, 7) is 5.50. The van der Waals surface area contributed by atoms with Crippen LogP contribution in [-0.2, 0) is 14.3 Å². The molecule has 2 N–H and O–H groups in total. The lowest BCUT2D eigenvalue weighted by atomic mass is 9.85.